The number of nitro benzene ring substituents is 1. The lowest BCUT2D eigenvalue weighted by Gasteiger charge is -2.19. The average molecular weight is 372 g/mol. The van der Waals surface area contributed by atoms with E-state index in [1.807, 2.05) is 45.0 Å². The Balaban J connectivity index is 1.76. The van der Waals surface area contributed by atoms with Gasteiger partial charge in [0.15, 0.2) is 0 Å². The van der Waals surface area contributed by atoms with Crippen LogP contribution in [0.3, 0.4) is 0 Å². The second-order valence-electron chi connectivity index (χ2n) is 7.03. The van der Waals surface area contributed by atoms with Crippen LogP contribution >= 0.6 is 0 Å². The van der Waals surface area contributed by atoms with E-state index in [1.165, 1.54) is 12.1 Å². The molecule has 0 radical (unpaired) electrons. The fourth-order valence-electron chi connectivity index (χ4n) is 2.26. The zero-order valence-electron chi connectivity index (χ0n) is 15.7. The summed E-state index contributed by atoms with van der Waals surface area (Å²) in [6.45, 7) is 6.28. The number of carbonyl (C=O) groups excluding carboxylic acids is 1. The Kier molecular flexibility index (Phi) is 6.76. The topological polar surface area (TPSA) is 90.7 Å². The zero-order chi connectivity index (χ0) is 19.9. The number of alkyl carbamates (subject to hydrolysis) is 1. The first-order chi connectivity index (χ1) is 12.7. The minimum absolute atomic E-state index is 0.0584. The molecule has 0 unspecified atom stereocenters. The number of hydrogen-bond acceptors (Lipinski definition) is 5. The lowest BCUT2D eigenvalue weighted by atomic mass is 10.1. The number of carbonyl (C=O) groups is 1. The summed E-state index contributed by atoms with van der Waals surface area (Å²) in [6, 6.07) is 13.8. The fraction of sp³-hybridized carbons (Fsp3) is 0.350. The number of hydrogen-bond donors (Lipinski definition) is 1. The zero-order valence-corrected chi connectivity index (χ0v) is 15.7. The van der Waals surface area contributed by atoms with Crippen molar-refractivity contribution < 1.29 is 19.2 Å². The molecule has 2 aromatic carbocycles. The third-order valence-corrected chi connectivity index (χ3v) is 3.56. The lowest BCUT2D eigenvalue weighted by Crippen LogP contribution is -2.33. The lowest BCUT2D eigenvalue weighted by molar-refractivity contribution is -0.384. The van der Waals surface area contributed by atoms with Crippen LogP contribution in [0.25, 0.3) is 0 Å². The SMILES string of the molecule is CC(C)(C)OC(=O)NCCc1ccc(OCc2ccc([N+](=O)[O-])cc2)cc1. The minimum Gasteiger partial charge on any atom is -0.489 e. The Labute approximate surface area is 158 Å². The third kappa shape index (κ3) is 7.35. The van der Waals surface area contributed by atoms with Crippen molar-refractivity contribution in [1.29, 1.82) is 0 Å². The normalized spacial score (nSPS) is 10.9. The van der Waals surface area contributed by atoms with Gasteiger partial charge in [-0.05, 0) is 62.6 Å². The third-order valence-electron chi connectivity index (χ3n) is 3.56. The van der Waals surface area contributed by atoms with Gasteiger partial charge in [0.1, 0.15) is 18.0 Å². The molecule has 1 N–H and O–H groups in total. The van der Waals surface area contributed by atoms with Gasteiger partial charge in [0, 0.05) is 18.7 Å². The Bertz CT molecular complexity index is 764. The van der Waals surface area contributed by atoms with Gasteiger partial charge in [0.05, 0.1) is 4.92 Å². The second-order valence-corrected chi connectivity index (χ2v) is 7.03. The molecule has 0 spiro atoms. The van der Waals surface area contributed by atoms with Gasteiger partial charge in [-0.25, -0.2) is 4.79 Å². The van der Waals surface area contributed by atoms with Crippen molar-refractivity contribution in [3.8, 4) is 5.75 Å². The van der Waals surface area contributed by atoms with Gasteiger partial charge in [-0.2, -0.15) is 0 Å². The molecule has 0 heterocycles. The van der Waals surface area contributed by atoms with Crippen LogP contribution in [0.5, 0.6) is 5.75 Å². The van der Waals surface area contributed by atoms with Crippen molar-refractivity contribution in [3.05, 3.63) is 69.8 Å². The molecule has 27 heavy (non-hydrogen) atoms. The molecule has 0 bridgehead atoms. The predicted molar refractivity (Wildman–Crippen MR) is 102 cm³/mol. The van der Waals surface area contributed by atoms with Crippen LogP contribution in [0.4, 0.5) is 10.5 Å². The van der Waals surface area contributed by atoms with Crippen LogP contribution in [-0.4, -0.2) is 23.2 Å². The number of amides is 1. The van der Waals surface area contributed by atoms with Crippen LogP contribution < -0.4 is 10.1 Å². The monoisotopic (exact) mass is 372 g/mol. The van der Waals surface area contributed by atoms with Gasteiger partial charge in [-0.1, -0.05) is 12.1 Å². The smallest absolute Gasteiger partial charge is 0.407 e. The molecule has 2 aromatic rings. The first kappa shape index (κ1) is 20.2. The Morgan fingerprint density at radius 3 is 2.19 bits per heavy atom. The molecular weight excluding hydrogens is 348 g/mol. The van der Waals surface area contributed by atoms with Crippen molar-refractivity contribution in [1.82, 2.24) is 5.32 Å². The average Bonchev–Trinajstić information content (AvgIpc) is 2.60. The molecule has 7 nitrogen and oxygen atoms in total. The summed E-state index contributed by atoms with van der Waals surface area (Å²) in [7, 11) is 0. The minimum atomic E-state index is -0.507. The number of benzene rings is 2. The summed E-state index contributed by atoms with van der Waals surface area (Å²) in [5, 5.41) is 13.4. The second kappa shape index (κ2) is 9.02. The van der Waals surface area contributed by atoms with Gasteiger partial charge in [0.2, 0.25) is 0 Å². The first-order valence-corrected chi connectivity index (χ1v) is 8.65. The van der Waals surface area contributed by atoms with Crippen molar-refractivity contribution >= 4 is 11.8 Å². The number of nitro groups is 1. The largest absolute Gasteiger partial charge is 0.489 e. The van der Waals surface area contributed by atoms with Gasteiger partial charge < -0.3 is 14.8 Å². The summed E-state index contributed by atoms with van der Waals surface area (Å²) in [5.41, 5.74) is 1.47. The van der Waals surface area contributed by atoms with E-state index in [9.17, 15) is 14.9 Å². The van der Waals surface area contributed by atoms with Crippen LogP contribution in [-0.2, 0) is 17.8 Å². The van der Waals surface area contributed by atoms with Crippen LogP contribution in [0.1, 0.15) is 31.9 Å². The summed E-state index contributed by atoms with van der Waals surface area (Å²) in [4.78, 5) is 21.8. The molecule has 144 valence electrons. The highest BCUT2D eigenvalue weighted by atomic mass is 16.6. The van der Waals surface area contributed by atoms with Crippen molar-refractivity contribution in [2.75, 3.05) is 6.54 Å². The maximum absolute atomic E-state index is 11.6. The van der Waals surface area contributed by atoms with E-state index in [1.54, 1.807) is 12.1 Å². The highest BCUT2D eigenvalue weighted by Crippen LogP contribution is 2.16. The number of rotatable bonds is 7. The molecule has 0 fully saturated rings. The van der Waals surface area contributed by atoms with E-state index in [0.717, 1.165) is 11.1 Å². The van der Waals surface area contributed by atoms with E-state index in [-0.39, 0.29) is 5.69 Å². The maximum Gasteiger partial charge on any atom is 0.407 e. The molecule has 1 amide bonds. The van der Waals surface area contributed by atoms with Crippen LogP contribution in [0.15, 0.2) is 48.5 Å². The highest BCUT2D eigenvalue weighted by Gasteiger charge is 2.15. The molecule has 0 saturated heterocycles. The molecule has 0 aliphatic heterocycles. The Morgan fingerprint density at radius 2 is 1.63 bits per heavy atom. The van der Waals surface area contributed by atoms with Crippen LogP contribution in [0.2, 0.25) is 0 Å². The van der Waals surface area contributed by atoms with Crippen LogP contribution in [0, 0.1) is 10.1 Å². The summed E-state index contributed by atoms with van der Waals surface area (Å²) in [6.07, 6.45) is 0.257. The number of ether oxygens (including phenoxy) is 2. The number of non-ortho nitro benzene ring substituents is 1. The Hall–Kier alpha value is -3.09. The fourth-order valence-corrected chi connectivity index (χ4v) is 2.26. The van der Waals surface area contributed by atoms with Crippen molar-refractivity contribution in [3.63, 3.8) is 0 Å². The van der Waals surface area contributed by atoms with E-state index >= 15 is 0 Å². The maximum atomic E-state index is 11.6. The molecule has 0 aliphatic rings. The van der Waals surface area contributed by atoms with Gasteiger partial charge >= 0.3 is 6.09 Å². The van der Waals surface area contributed by atoms with Gasteiger partial charge in [-0.15, -0.1) is 0 Å². The standard InChI is InChI=1S/C20H24N2O5/c1-20(2,3)27-19(23)21-13-12-15-6-10-18(11-7-15)26-14-16-4-8-17(9-5-16)22(24)25/h4-11H,12-14H2,1-3H3,(H,21,23). The van der Waals surface area contributed by atoms with E-state index < -0.39 is 16.6 Å². The summed E-state index contributed by atoms with van der Waals surface area (Å²) >= 11 is 0. The van der Waals surface area contributed by atoms with Gasteiger partial charge in [-0.3, -0.25) is 10.1 Å². The van der Waals surface area contributed by atoms with Gasteiger partial charge in [0.25, 0.3) is 5.69 Å². The molecule has 0 atom stereocenters. The molecule has 0 aromatic heterocycles. The molecule has 0 saturated carbocycles. The molecule has 0 aliphatic carbocycles. The van der Waals surface area contributed by atoms with Crippen molar-refractivity contribution in [2.45, 2.75) is 39.4 Å². The number of nitrogens with one attached hydrogen (secondary N) is 1. The highest BCUT2D eigenvalue weighted by molar-refractivity contribution is 5.67. The summed E-state index contributed by atoms with van der Waals surface area (Å²) < 4.78 is 10.9. The number of nitrogens with zero attached hydrogens (tertiary/aromatic N) is 1. The molecular formula is C20H24N2O5. The predicted octanol–water partition coefficient (Wildman–Crippen LogP) is 4.24. The van der Waals surface area contributed by atoms with Crippen molar-refractivity contribution in [2.24, 2.45) is 0 Å². The van der Waals surface area contributed by atoms with E-state index in [4.69, 9.17) is 9.47 Å². The summed E-state index contributed by atoms with van der Waals surface area (Å²) in [5.74, 6) is 0.706. The Morgan fingerprint density at radius 1 is 1.04 bits per heavy atom. The quantitative estimate of drug-likeness (QED) is 0.580. The van der Waals surface area contributed by atoms with E-state index in [0.29, 0.717) is 25.3 Å². The molecule has 2 rings (SSSR count). The molecule has 7 heteroatoms. The first-order valence-electron chi connectivity index (χ1n) is 8.65. The van der Waals surface area contributed by atoms with E-state index in [2.05, 4.69) is 5.32 Å².